The number of hydrogen-bond donors (Lipinski definition) is 1. The molecule has 6 rings (SSSR count). The normalized spacial score (nSPS) is 13.4. The van der Waals surface area contributed by atoms with Crippen molar-refractivity contribution in [1.29, 1.82) is 0 Å². The van der Waals surface area contributed by atoms with Crippen LogP contribution in [-0.4, -0.2) is 39.0 Å². The van der Waals surface area contributed by atoms with Crippen molar-refractivity contribution in [3.63, 3.8) is 0 Å². The second kappa shape index (κ2) is 12.3. The molecule has 0 bridgehead atoms. The van der Waals surface area contributed by atoms with Gasteiger partial charge in [-0.3, -0.25) is 4.79 Å². The van der Waals surface area contributed by atoms with Gasteiger partial charge in [0.15, 0.2) is 0 Å². The Hall–Kier alpha value is -4.62. The molecule has 204 valence electrons. The molecule has 0 unspecified atom stereocenters. The van der Waals surface area contributed by atoms with Crippen LogP contribution < -0.4 is 10.1 Å². The fourth-order valence-corrected chi connectivity index (χ4v) is 5.30. The van der Waals surface area contributed by atoms with Crippen molar-refractivity contribution in [2.75, 3.05) is 18.4 Å². The van der Waals surface area contributed by atoms with Gasteiger partial charge >= 0.3 is 0 Å². The average molecular weight is 559 g/mol. The highest BCUT2D eigenvalue weighted by Crippen LogP contribution is 2.31. The Kier molecular flexibility index (Phi) is 7.96. The Morgan fingerprint density at radius 1 is 0.707 bits per heavy atom. The highest BCUT2D eigenvalue weighted by atomic mass is 32.1. The van der Waals surface area contributed by atoms with E-state index in [9.17, 15) is 4.79 Å². The maximum atomic E-state index is 13.1. The fraction of sp³-hybridized carbons (Fsp3) is 0.176. The van der Waals surface area contributed by atoms with Crippen LogP contribution >= 0.6 is 12.2 Å². The second-order valence-electron chi connectivity index (χ2n) is 10.1. The average Bonchev–Trinajstić information content (AvgIpc) is 3.32. The first-order chi connectivity index (χ1) is 20.1. The molecule has 2 heterocycles. The van der Waals surface area contributed by atoms with Crippen LogP contribution in [0.2, 0.25) is 0 Å². The van der Waals surface area contributed by atoms with Crippen molar-refractivity contribution in [2.24, 2.45) is 0 Å². The highest BCUT2D eigenvalue weighted by Gasteiger charge is 2.16. The van der Waals surface area contributed by atoms with Crippen LogP contribution in [0.1, 0.15) is 36.0 Å². The maximum Gasteiger partial charge on any atom is 0.264 e. The standard InChI is InChI=1S/C34H30N4O2S/c39-33(26-15-18-28(19-16-26)40-34(41)38-21-9-1-2-10-22-38)35-27-17-20-29-30(23-27)37-32(25-13-7-4-8-14-25)31(36-29)24-11-5-3-6-12-24/h3-8,11-20,23H,1-2,9-10,21-22H2,(H,35,39). The molecule has 0 atom stereocenters. The second-order valence-corrected chi connectivity index (χ2v) is 10.5. The molecule has 1 saturated heterocycles. The summed E-state index contributed by atoms with van der Waals surface area (Å²) in [5.41, 5.74) is 6.21. The zero-order valence-corrected chi connectivity index (χ0v) is 23.4. The number of thiocarbonyl (C=S) groups is 1. The highest BCUT2D eigenvalue weighted by molar-refractivity contribution is 7.80. The summed E-state index contributed by atoms with van der Waals surface area (Å²) < 4.78 is 5.91. The molecule has 1 aliphatic rings. The summed E-state index contributed by atoms with van der Waals surface area (Å²) in [6.07, 6.45) is 4.72. The van der Waals surface area contributed by atoms with Gasteiger partial charge in [-0.05, 0) is 67.5 Å². The van der Waals surface area contributed by atoms with Crippen molar-refractivity contribution in [3.05, 3.63) is 109 Å². The number of rotatable bonds is 5. The van der Waals surface area contributed by atoms with Gasteiger partial charge in [-0.1, -0.05) is 73.5 Å². The number of likely N-dealkylation sites (tertiary alicyclic amines) is 1. The van der Waals surface area contributed by atoms with Gasteiger partial charge in [-0.2, -0.15) is 0 Å². The van der Waals surface area contributed by atoms with E-state index < -0.39 is 0 Å². The molecule has 1 aliphatic heterocycles. The molecule has 6 nitrogen and oxygen atoms in total. The molecule has 7 heteroatoms. The molecule has 1 N–H and O–H groups in total. The number of hydrogen-bond acceptors (Lipinski definition) is 5. The zero-order chi connectivity index (χ0) is 28.0. The SMILES string of the molecule is O=C(Nc1ccc2nc(-c3ccccc3)c(-c3ccccc3)nc2c1)c1ccc(OC(=S)N2CCCCCC2)cc1. The quantitative estimate of drug-likeness (QED) is 0.222. The van der Waals surface area contributed by atoms with Gasteiger partial charge in [-0.15, -0.1) is 0 Å². The predicted octanol–water partition coefficient (Wildman–Crippen LogP) is 7.76. The first-order valence-electron chi connectivity index (χ1n) is 13.9. The van der Waals surface area contributed by atoms with Crippen LogP contribution in [0.25, 0.3) is 33.5 Å². The third kappa shape index (κ3) is 6.26. The molecule has 4 aromatic carbocycles. The van der Waals surface area contributed by atoms with Crippen LogP contribution in [0.3, 0.4) is 0 Å². The molecule has 1 aromatic heterocycles. The summed E-state index contributed by atoms with van der Waals surface area (Å²) in [7, 11) is 0. The maximum absolute atomic E-state index is 13.1. The van der Waals surface area contributed by atoms with Crippen LogP contribution in [0.5, 0.6) is 5.75 Å². The first-order valence-corrected chi connectivity index (χ1v) is 14.4. The van der Waals surface area contributed by atoms with Gasteiger partial charge in [0.25, 0.3) is 11.1 Å². The van der Waals surface area contributed by atoms with E-state index in [1.165, 1.54) is 12.8 Å². The Labute approximate surface area is 245 Å². The van der Waals surface area contributed by atoms with Crippen molar-refractivity contribution in [2.45, 2.75) is 25.7 Å². The minimum absolute atomic E-state index is 0.219. The number of carbonyl (C=O) groups excluding carboxylic acids is 1. The van der Waals surface area contributed by atoms with Gasteiger partial charge in [0.2, 0.25) is 0 Å². The number of ether oxygens (including phenoxy) is 1. The number of fused-ring (bicyclic) bond motifs is 1. The number of aromatic nitrogens is 2. The molecule has 0 spiro atoms. The molecule has 41 heavy (non-hydrogen) atoms. The van der Waals surface area contributed by atoms with Gasteiger partial charge in [0.1, 0.15) is 5.75 Å². The van der Waals surface area contributed by atoms with E-state index in [0.29, 0.717) is 27.7 Å². The number of nitrogens with zero attached hydrogens (tertiary/aromatic N) is 3. The Morgan fingerprint density at radius 3 is 1.90 bits per heavy atom. The number of carbonyl (C=O) groups is 1. The lowest BCUT2D eigenvalue weighted by Crippen LogP contribution is -2.34. The third-order valence-corrected chi connectivity index (χ3v) is 7.54. The lowest BCUT2D eigenvalue weighted by atomic mass is 10.0. The number of nitrogens with one attached hydrogen (secondary N) is 1. The van der Waals surface area contributed by atoms with Gasteiger partial charge < -0.3 is 15.0 Å². The topological polar surface area (TPSA) is 67.3 Å². The molecular formula is C34H30N4O2S. The van der Waals surface area contributed by atoms with E-state index in [1.807, 2.05) is 78.9 Å². The summed E-state index contributed by atoms with van der Waals surface area (Å²) in [6.45, 7) is 1.85. The minimum Gasteiger partial charge on any atom is -0.432 e. The third-order valence-electron chi connectivity index (χ3n) is 7.20. The minimum atomic E-state index is -0.219. The molecule has 0 saturated carbocycles. The lowest BCUT2D eigenvalue weighted by Gasteiger charge is -2.22. The van der Waals surface area contributed by atoms with Crippen molar-refractivity contribution in [3.8, 4) is 28.3 Å². The van der Waals surface area contributed by atoms with Crippen molar-refractivity contribution in [1.82, 2.24) is 14.9 Å². The van der Waals surface area contributed by atoms with E-state index in [1.54, 1.807) is 24.3 Å². The van der Waals surface area contributed by atoms with E-state index in [0.717, 1.165) is 54.0 Å². The number of benzene rings is 4. The van der Waals surface area contributed by atoms with E-state index >= 15 is 0 Å². The Bertz CT molecular complexity index is 1670. The smallest absolute Gasteiger partial charge is 0.264 e. The molecule has 5 aromatic rings. The first kappa shape index (κ1) is 26.6. The van der Waals surface area contributed by atoms with Gasteiger partial charge in [0.05, 0.1) is 22.4 Å². The van der Waals surface area contributed by atoms with E-state index in [2.05, 4.69) is 10.2 Å². The van der Waals surface area contributed by atoms with Crippen LogP contribution in [0.4, 0.5) is 5.69 Å². The van der Waals surface area contributed by atoms with E-state index in [4.69, 9.17) is 26.9 Å². The predicted molar refractivity (Wildman–Crippen MR) is 168 cm³/mol. The van der Waals surface area contributed by atoms with Crippen molar-refractivity contribution >= 4 is 40.0 Å². The summed E-state index contributed by atoms with van der Waals surface area (Å²) in [5.74, 6) is 0.405. The Morgan fingerprint density at radius 2 is 1.29 bits per heavy atom. The van der Waals surface area contributed by atoms with Crippen LogP contribution in [-0.2, 0) is 0 Å². The van der Waals surface area contributed by atoms with Crippen LogP contribution in [0.15, 0.2) is 103 Å². The fourth-order valence-electron chi connectivity index (χ4n) is 5.02. The molecule has 1 fully saturated rings. The van der Waals surface area contributed by atoms with Gasteiger partial charge in [0, 0.05) is 35.5 Å². The summed E-state index contributed by atoms with van der Waals surface area (Å²) in [4.78, 5) is 25.2. The number of anilines is 1. The summed E-state index contributed by atoms with van der Waals surface area (Å²) in [6, 6.07) is 32.7. The summed E-state index contributed by atoms with van der Waals surface area (Å²) >= 11 is 5.52. The molecule has 1 amide bonds. The van der Waals surface area contributed by atoms with Crippen LogP contribution in [0, 0.1) is 0 Å². The monoisotopic (exact) mass is 558 g/mol. The molecular weight excluding hydrogens is 528 g/mol. The number of amides is 1. The Balaban J connectivity index is 1.21. The largest absolute Gasteiger partial charge is 0.432 e. The van der Waals surface area contributed by atoms with Crippen molar-refractivity contribution < 1.29 is 9.53 Å². The van der Waals surface area contributed by atoms with Gasteiger partial charge in [-0.25, -0.2) is 9.97 Å². The molecule has 0 radical (unpaired) electrons. The molecule has 0 aliphatic carbocycles. The summed E-state index contributed by atoms with van der Waals surface area (Å²) in [5, 5.41) is 3.49. The van der Waals surface area contributed by atoms with E-state index in [-0.39, 0.29) is 5.91 Å². The lowest BCUT2D eigenvalue weighted by molar-refractivity contribution is 0.102. The zero-order valence-electron chi connectivity index (χ0n) is 22.6.